The molecule has 5 nitrogen and oxygen atoms in total. The van der Waals surface area contributed by atoms with Crippen LogP contribution in [-0.2, 0) is 4.74 Å². The van der Waals surface area contributed by atoms with E-state index < -0.39 is 0 Å². The summed E-state index contributed by atoms with van der Waals surface area (Å²) in [6, 6.07) is 13.9. The van der Waals surface area contributed by atoms with Crippen molar-refractivity contribution in [3.8, 4) is 11.5 Å². The number of hydrogen-bond donors (Lipinski definition) is 0. The predicted molar refractivity (Wildman–Crippen MR) is 85.5 cm³/mol. The molecule has 0 amide bonds. The van der Waals surface area contributed by atoms with Crippen LogP contribution in [0.5, 0.6) is 11.5 Å². The molecule has 0 radical (unpaired) electrons. The van der Waals surface area contributed by atoms with Gasteiger partial charge in [0, 0.05) is 11.1 Å². The molecule has 0 N–H and O–H groups in total. The summed E-state index contributed by atoms with van der Waals surface area (Å²) in [5.41, 5.74) is 1.16. The van der Waals surface area contributed by atoms with Gasteiger partial charge in [-0.2, -0.15) is 0 Å². The average Bonchev–Trinajstić information content (AvgIpc) is 2.61. The zero-order valence-electron chi connectivity index (χ0n) is 12.6. The molecule has 5 heteroatoms. The number of rotatable bonds is 10. The minimum atomic E-state index is 0.392. The fourth-order valence-corrected chi connectivity index (χ4v) is 1.89. The van der Waals surface area contributed by atoms with Gasteiger partial charge in [-0.05, 0) is 24.3 Å². The molecular formula is C18H18O5. The van der Waals surface area contributed by atoms with E-state index in [0.717, 1.165) is 12.6 Å². The number of ether oxygens (including phenoxy) is 3. The van der Waals surface area contributed by atoms with Gasteiger partial charge in [0.2, 0.25) is 0 Å². The van der Waals surface area contributed by atoms with Gasteiger partial charge in [0.1, 0.15) is 37.3 Å². The van der Waals surface area contributed by atoms with E-state index >= 15 is 0 Å². The maximum atomic E-state index is 10.7. The minimum Gasteiger partial charge on any atom is -0.491 e. The highest BCUT2D eigenvalue weighted by molar-refractivity contribution is 5.75. The quantitative estimate of drug-likeness (QED) is 0.498. The van der Waals surface area contributed by atoms with E-state index in [1.165, 1.54) is 0 Å². The van der Waals surface area contributed by atoms with Gasteiger partial charge in [-0.3, -0.25) is 9.59 Å². The van der Waals surface area contributed by atoms with Crippen LogP contribution >= 0.6 is 0 Å². The fourth-order valence-electron chi connectivity index (χ4n) is 1.89. The molecule has 23 heavy (non-hydrogen) atoms. The summed E-state index contributed by atoms with van der Waals surface area (Å²) in [5, 5.41) is 0. The second-order valence-corrected chi connectivity index (χ2v) is 4.69. The summed E-state index contributed by atoms with van der Waals surface area (Å²) in [4.78, 5) is 21.3. The van der Waals surface area contributed by atoms with E-state index in [0.29, 0.717) is 49.1 Å². The highest BCUT2D eigenvalue weighted by Gasteiger charge is 1.98. The van der Waals surface area contributed by atoms with Gasteiger partial charge in [0.05, 0.1) is 13.2 Å². The zero-order chi connectivity index (χ0) is 16.3. The lowest BCUT2D eigenvalue weighted by atomic mass is 10.2. The van der Waals surface area contributed by atoms with Crippen molar-refractivity contribution < 1.29 is 23.8 Å². The van der Waals surface area contributed by atoms with Crippen molar-refractivity contribution in [3.63, 3.8) is 0 Å². The summed E-state index contributed by atoms with van der Waals surface area (Å²) in [6.45, 7) is 1.62. The molecule has 2 rings (SSSR count). The van der Waals surface area contributed by atoms with E-state index in [9.17, 15) is 9.59 Å². The molecule has 0 spiro atoms. The van der Waals surface area contributed by atoms with Crippen molar-refractivity contribution in [1.82, 2.24) is 0 Å². The molecule has 0 heterocycles. The maximum absolute atomic E-state index is 10.7. The number of benzene rings is 2. The third-order valence-electron chi connectivity index (χ3n) is 2.98. The SMILES string of the molecule is O=Cc1cccc(OCCOCCOc2cccc(C=O)c2)c1. The Bertz CT molecular complexity index is 583. The van der Waals surface area contributed by atoms with E-state index in [2.05, 4.69) is 0 Å². The summed E-state index contributed by atoms with van der Waals surface area (Å²) in [6.07, 6.45) is 1.56. The molecule has 0 atom stereocenters. The lowest BCUT2D eigenvalue weighted by Gasteiger charge is -2.09. The van der Waals surface area contributed by atoms with Crippen molar-refractivity contribution in [2.75, 3.05) is 26.4 Å². The van der Waals surface area contributed by atoms with Crippen LogP contribution in [0.25, 0.3) is 0 Å². The van der Waals surface area contributed by atoms with Crippen LogP contribution in [0.2, 0.25) is 0 Å². The van der Waals surface area contributed by atoms with Crippen molar-refractivity contribution in [1.29, 1.82) is 0 Å². The number of aldehydes is 2. The predicted octanol–water partition coefficient (Wildman–Crippen LogP) is 2.79. The molecule has 0 bridgehead atoms. The largest absolute Gasteiger partial charge is 0.491 e. The highest BCUT2D eigenvalue weighted by Crippen LogP contribution is 2.12. The van der Waals surface area contributed by atoms with Crippen molar-refractivity contribution in [2.24, 2.45) is 0 Å². The molecule has 0 aliphatic carbocycles. The van der Waals surface area contributed by atoms with Crippen LogP contribution < -0.4 is 9.47 Å². The van der Waals surface area contributed by atoms with Gasteiger partial charge in [-0.25, -0.2) is 0 Å². The normalized spacial score (nSPS) is 10.1. The first-order chi connectivity index (χ1) is 11.3. The molecule has 0 aromatic heterocycles. The van der Waals surface area contributed by atoms with Gasteiger partial charge < -0.3 is 14.2 Å². The summed E-state index contributed by atoms with van der Waals surface area (Å²) in [5.74, 6) is 1.28. The van der Waals surface area contributed by atoms with E-state index in [1.807, 2.05) is 0 Å². The first-order valence-corrected chi connectivity index (χ1v) is 7.25. The van der Waals surface area contributed by atoms with Gasteiger partial charge in [-0.15, -0.1) is 0 Å². The molecule has 0 saturated heterocycles. The Labute approximate surface area is 134 Å². The van der Waals surface area contributed by atoms with Gasteiger partial charge in [0.15, 0.2) is 0 Å². The van der Waals surface area contributed by atoms with Crippen molar-refractivity contribution in [2.45, 2.75) is 0 Å². The Morgan fingerprint density at radius 1 is 0.696 bits per heavy atom. The average molecular weight is 314 g/mol. The third-order valence-corrected chi connectivity index (χ3v) is 2.98. The highest BCUT2D eigenvalue weighted by atomic mass is 16.5. The fraction of sp³-hybridized carbons (Fsp3) is 0.222. The van der Waals surface area contributed by atoms with Crippen LogP contribution in [0.3, 0.4) is 0 Å². The number of carbonyl (C=O) groups is 2. The lowest BCUT2D eigenvalue weighted by Crippen LogP contribution is -2.12. The van der Waals surface area contributed by atoms with Crippen LogP contribution in [0.15, 0.2) is 48.5 Å². The summed E-state index contributed by atoms with van der Waals surface area (Å²) < 4.78 is 16.4. The van der Waals surface area contributed by atoms with Crippen LogP contribution in [0, 0.1) is 0 Å². The Kier molecular flexibility index (Phi) is 6.81. The molecular weight excluding hydrogens is 296 g/mol. The monoisotopic (exact) mass is 314 g/mol. The van der Waals surface area contributed by atoms with Crippen molar-refractivity contribution >= 4 is 12.6 Å². The molecule has 0 aliphatic heterocycles. The van der Waals surface area contributed by atoms with Crippen molar-refractivity contribution in [3.05, 3.63) is 59.7 Å². The maximum Gasteiger partial charge on any atom is 0.150 e. The molecule has 0 aliphatic rings. The Hall–Kier alpha value is -2.66. The number of hydrogen-bond acceptors (Lipinski definition) is 5. The third kappa shape index (κ3) is 5.92. The van der Waals surface area contributed by atoms with E-state index in [4.69, 9.17) is 14.2 Å². The van der Waals surface area contributed by atoms with Crippen LogP contribution in [-0.4, -0.2) is 39.0 Å². The molecule has 0 unspecified atom stereocenters. The molecule has 2 aromatic rings. The van der Waals surface area contributed by atoms with Crippen LogP contribution in [0.4, 0.5) is 0 Å². The minimum absolute atomic E-state index is 0.392. The Morgan fingerprint density at radius 2 is 1.17 bits per heavy atom. The van der Waals surface area contributed by atoms with Gasteiger partial charge >= 0.3 is 0 Å². The second-order valence-electron chi connectivity index (χ2n) is 4.69. The zero-order valence-corrected chi connectivity index (χ0v) is 12.6. The standard InChI is InChI=1S/C18H18O5/c19-13-15-3-1-5-17(11-15)22-9-7-21-8-10-23-18-6-2-4-16(12-18)14-20/h1-6,11-14H,7-10H2. The summed E-state index contributed by atoms with van der Waals surface area (Å²) >= 11 is 0. The van der Waals surface area contributed by atoms with Crippen LogP contribution in [0.1, 0.15) is 20.7 Å². The molecule has 120 valence electrons. The Morgan fingerprint density at radius 3 is 1.61 bits per heavy atom. The van der Waals surface area contributed by atoms with E-state index in [1.54, 1.807) is 48.5 Å². The Balaban J connectivity index is 1.58. The summed E-state index contributed by atoms with van der Waals surface area (Å²) in [7, 11) is 0. The molecule has 0 saturated carbocycles. The smallest absolute Gasteiger partial charge is 0.150 e. The van der Waals surface area contributed by atoms with Gasteiger partial charge in [0.25, 0.3) is 0 Å². The first kappa shape index (κ1) is 16.7. The molecule has 2 aromatic carbocycles. The van der Waals surface area contributed by atoms with E-state index in [-0.39, 0.29) is 0 Å². The lowest BCUT2D eigenvalue weighted by molar-refractivity contribution is 0.0764. The number of carbonyl (C=O) groups excluding carboxylic acids is 2. The topological polar surface area (TPSA) is 61.8 Å². The second kappa shape index (κ2) is 9.38. The van der Waals surface area contributed by atoms with Gasteiger partial charge in [-0.1, -0.05) is 24.3 Å². The molecule has 0 fully saturated rings. The first-order valence-electron chi connectivity index (χ1n) is 7.25.